The Labute approximate surface area is 305 Å². The molecular formula is C38H56ClNO11. The molecule has 0 bridgehead atoms. The fraction of sp³-hybridized carbons (Fsp3) is 0.737. The molecule has 5 aliphatic rings. The Hall–Kier alpha value is -3.09. The third-order valence-corrected chi connectivity index (χ3v) is 13.3. The molecule has 8 atom stereocenters. The number of hydrogen-bond acceptors (Lipinski definition) is 9. The number of ketones is 2. The van der Waals surface area contributed by atoms with Gasteiger partial charge >= 0.3 is 17.9 Å². The molecule has 0 aromatic rings. The summed E-state index contributed by atoms with van der Waals surface area (Å²) in [6, 6.07) is 0. The van der Waals surface area contributed by atoms with Crippen molar-refractivity contribution >= 4 is 47.0 Å². The summed E-state index contributed by atoms with van der Waals surface area (Å²) in [5.74, 6) is -3.28. The highest BCUT2D eigenvalue weighted by atomic mass is 35.5. The van der Waals surface area contributed by atoms with Crippen molar-refractivity contribution in [1.29, 1.82) is 0 Å². The van der Waals surface area contributed by atoms with E-state index < -0.39 is 63.6 Å². The Morgan fingerprint density at radius 2 is 1.55 bits per heavy atom. The molecule has 4 saturated carbocycles. The molecule has 12 nitrogen and oxygen atoms in total. The minimum absolute atomic E-state index is 0.0659. The summed E-state index contributed by atoms with van der Waals surface area (Å²) in [5, 5.41) is 42.2. The van der Waals surface area contributed by atoms with Crippen LogP contribution in [-0.2, 0) is 33.5 Å². The van der Waals surface area contributed by atoms with Crippen molar-refractivity contribution < 1.29 is 53.9 Å². The summed E-state index contributed by atoms with van der Waals surface area (Å²) >= 11 is 7.46. The maximum Gasteiger partial charge on any atom is 0.309 e. The first-order valence-electron chi connectivity index (χ1n) is 18.1. The maximum atomic E-state index is 13.8. The van der Waals surface area contributed by atoms with Crippen LogP contribution in [0.25, 0.3) is 0 Å². The van der Waals surface area contributed by atoms with Gasteiger partial charge in [-0.3, -0.25) is 28.8 Å². The van der Waals surface area contributed by atoms with Gasteiger partial charge in [0, 0.05) is 37.1 Å². The number of carbonyl (C=O) groups excluding carboxylic acids is 4. The summed E-state index contributed by atoms with van der Waals surface area (Å²) in [7, 11) is 0. The number of nitrogens with one attached hydrogen (secondary N) is 1. The normalized spacial score (nSPS) is 37.7. The number of allylic oxidation sites excluding steroid dienone is 4. The Morgan fingerprint density at radius 3 is 2.08 bits per heavy atom. The highest BCUT2D eigenvalue weighted by Crippen LogP contribution is 2.71. The number of Topliss-reactive ketones (excluding diaryl/α,β-unsaturated/α-hetero) is 1. The highest BCUT2D eigenvalue weighted by Gasteiger charge is 2.74. The minimum atomic E-state index is -1.78. The summed E-state index contributed by atoms with van der Waals surface area (Å²) < 4.78 is 5.52. The number of halogens is 1. The zero-order valence-electron chi connectivity index (χ0n) is 30.7. The van der Waals surface area contributed by atoms with Crippen LogP contribution < -0.4 is 5.32 Å². The second-order valence-corrected chi connectivity index (χ2v) is 16.0. The average Bonchev–Trinajstić information content (AvgIpc) is 3.29. The molecule has 286 valence electrons. The van der Waals surface area contributed by atoms with Crippen molar-refractivity contribution in [3.8, 4) is 0 Å². The molecule has 0 aliphatic heterocycles. The molecule has 51 heavy (non-hydrogen) atoms. The summed E-state index contributed by atoms with van der Waals surface area (Å²) in [6.45, 7) is 10.5. The lowest BCUT2D eigenvalue weighted by molar-refractivity contribution is -0.183. The summed E-state index contributed by atoms with van der Waals surface area (Å²) in [5.41, 5.74) is -2.52. The third kappa shape index (κ3) is 8.28. The van der Waals surface area contributed by atoms with Gasteiger partial charge in [-0.05, 0) is 87.2 Å². The smallest absolute Gasteiger partial charge is 0.309 e. The summed E-state index contributed by atoms with van der Waals surface area (Å²) in [4.78, 5) is 67.6. The number of esters is 1. The number of fused-ring (bicyclic) bond motifs is 5. The van der Waals surface area contributed by atoms with E-state index in [-0.39, 0.29) is 48.7 Å². The van der Waals surface area contributed by atoms with E-state index in [4.69, 9.17) is 26.6 Å². The Morgan fingerprint density at radius 1 is 0.980 bits per heavy atom. The number of ether oxygens (including phenoxy) is 1. The zero-order chi connectivity index (χ0) is 38.5. The average molecular weight is 738 g/mol. The van der Waals surface area contributed by atoms with Gasteiger partial charge in [0.15, 0.2) is 12.4 Å². The first-order chi connectivity index (χ1) is 23.7. The van der Waals surface area contributed by atoms with Crippen LogP contribution in [0.1, 0.15) is 106 Å². The van der Waals surface area contributed by atoms with Crippen LogP contribution in [0.2, 0.25) is 0 Å². The van der Waals surface area contributed by atoms with Crippen molar-refractivity contribution in [3.63, 3.8) is 0 Å². The first kappa shape index (κ1) is 42.3. The fourth-order valence-corrected chi connectivity index (χ4v) is 9.92. The molecule has 0 unspecified atom stereocenters. The van der Waals surface area contributed by atoms with Crippen molar-refractivity contribution in [2.24, 2.45) is 40.4 Å². The highest BCUT2D eigenvalue weighted by molar-refractivity contribution is 6.26. The van der Waals surface area contributed by atoms with Crippen LogP contribution in [0.3, 0.4) is 0 Å². The molecule has 0 radical (unpaired) electrons. The Bertz CT molecular complexity index is 1410. The number of aliphatic carboxylic acids is 2. The first-order valence-corrected chi connectivity index (χ1v) is 18.5. The van der Waals surface area contributed by atoms with Gasteiger partial charge in [0.2, 0.25) is 11.7 Å². The molecule has 5 rings (SSSR count). The topological polar surface area (TPSA) is 205 Å². The predicted octanol–water partition coefficient (Wildman–Crippen LogP) is 4.62. The quantitative estimate of drug-likeness (QED) is 0.172. The van der Waals surface area contributed by atoms with E-state index in [0.29, 0.717) is 44.6 Å². The van der Waals surface area contributed by atoms with E-state index in [1.807, 2.05) is 26.8 Å². The van der Waals surface area contributed by atoms with Gasteiger partial charge in [-0.15, -0.1) is 11.6 Å². The van der Waals surface area contributed by atoms with Gasteiger partial charge in [-0.1, -0.05) is 46.3 Å². The summed E-state index contributed by atoms with van der Waals surface area (Å²) in [6.07, 6.45) is 9.30. The van der Waals surface area contributed by atoms with Crippen LogP contribution >= 0.6 is 11.6 Å². The van der Waals surface area contributed by atoms with E-state index in [1.165, 1.54) is 13.0 Å². The Balaban J connectivity index is 0.000000619. The molecule has 5 N–H and O–H groups in total. The van der Waals surface area contributed by atoms with Crippen molar-refractivity contribution in [3.05, 3.63) is 23.8 Å². The van der Waals surface area contributed by atoms with Crippen LogP contribution in [0.5, 0.6) is 0 Å². The predicted molar refractivity (Wildman–Crippen MR) is 189 cm³/mol. The van der Waals surface area contributed by atoms with Crippen LogP contribution in [0, 0.1) is 40.4 Å². The largest absolute Gasteiger partial charge is 0.481 e. The second-order valence-electron chi connectivity index (χ2n) is 15.3. The van der Waals surface area contributed by atoms with Crippen molar-refractivity contribution in [2.45, 2.75) is 122 Å². The molecule has 0 aromatic heterocycles. The monoisotopic (exact) mass is 737 g/mol. The molecule has 0 saturated heterocycles. The maximum absolute atomic E-state index is 13.8. The van der Waals surface area contributed by atoms with Gasteiger partial charge in [-0.2, -0.15) is 0 Å². The number of carboxylic acid groups (broad SMARTS) is 2. The molecular weight excluding hydrogens is 682 g/mol. The number of hydrogen-bond donors (Lipinski definition) is 5. The van der Waals surface area contributed by atoms with Crippen molar-refractivity contribution in [2.75, 3.05) is 13.2 Å². The molecule has 5 aliphatic carbocycles. The lowest BCUT2D eigenvalue weighted by atomic mass is 9.45. The number of rotatable bonds is 8. The number of aliphatic hydroxyl groups excluding tert-OH is 1. The third-order valence-electron chi connectivity index (χ3n) is 12.4. The molecule has 4 fully saturated rings. The van der Waals surface area contributed by atoms with E-state index in [0.717, 1.165) is 18.4 Å². The van der Waals surface area contributed by atoms with Gasteiger partial charge in [0.25, 0.3) is 0 Å². The number of carbonyl (C=O) groups is 6. The van der Waals surface area contributed by atoms with Gasteiger partial charge in [0.1, 0.15) is 5.60 Å². The van der Waals surface area contributed by atoms with Gasteiger partial charge in [-0.25, -0.2) is 0 Å². The minimum Gasteiger partial charge on any atom is -0.481 e. The van der Waals surface area contributed by atoms with E-state index in [2.05, 4.69) is 5.32 Å². The Kier molecular flexibility index (Phi) is 13.9. The van der Waals surface area contributed by atoms with Crippen LogP contribution in [0.4, 0.5) is 0 Å². The molecule has 13 heteroatoms. The SMILES string of the molecule is CC(=O)NCC1CCC(C(=O)OCC(=O)[C@@]2(O)[C@@H](C)C[C@H]3[C@@H]4CCC5=CC(=O)C=C[C@]5(C)[C@@]4(Cl)[C@@H](O)C[C@@]32C)CC1.CCC(=O)O.CCC(=O)O. The van der Waals surface area contributed by atoms with Crippen LogP contribution in [0.15, 0.2) is 23.8 Å². The zero-order valence-corrected chi connectivity index (χ0v) is 31.5. The molecule has 1 amide bonds. The molecule has 0 aromatic carbocycles. The molecule has 0 spiro atoms. The van der Waals surface area contributed by atoms with E-state index in [9.17, 15) is 39.0 Å². The standard InChI is InChI=1S/C32H44ClNO7.2C3H6O2/c1-18-13-25-24-10-9-22-14-23(36)11-12-29(22,3)31(24,33)26(37)15-30(25,4)32(18,40)27(38)17-41-28(39)21-7-5-20(6-8-21)16-34-19(2)35;2*1-2-3(4)5/h11-12,14,18,20-21,24-26,37,40H,5-10,13,15-17H2,1-4H3,(H,34,35);2*2H2,1H3,(H,4,5)/t18-,20?,21?,24-,25-,26-,29-,30-,31-,32-;;/m0../s1. The fourth-order valence-electron chi connectivity index (χ4n) is 9.40. The number of carboxylic acids is 2. The number of amides is 1. The van der Waals surface area contributed by atoms with Crippen LogP contribution in [-0.4, -0.2) is 85.5 Å². The van der Waals surface area contributed by atoms with Crippen molar-refractivity contribution in [1.82, 2.24) is 5.32 Å². The van der Waals surface area contributed by atoms with Gasteiger partial charge < -0.3 is 30.5 Å². The second kappa shape index (κ2) is 16.7. The lowest BCUT2D eigenvalue weighted by Crippen LogP contribution is -2.69. The number of aliphatic hydroxyl groups is 2. The number of alkyl halides is 1. The van der Waals surface area contributed by atoms with Gasteiger partial charge in [0.05, 0.1) is 16.9 Å². The molecule has 0 heterocycles. The van der Waals surface area contributed by atoms with E-state index in [1.54, 1.807) is 19.9 Å². The lowest BCUT2D eigenvalue weighted by Gasteiger charge is -2.63. The van der Waals surface area contributed by atoms with E-state index >= 15 is 0 Å².